The molecule has 1 amide bonds. The number of rotatable bonds is 17. The van der Waals surface area contributed by atoms with Crippen LogP contribution in [0.15, 0.2) is 36.5 Å². The van der Waals surface area contributed by atoms with Gasteiger partial charge in [0.05, 0.1) is 12.2 Å². The number of hydrogen-bond acceptors (Lipinski definition) is 5. The van der Waals surface area contributed by atoms with Gasteiger partial charge in [0.15, 0.2) is 16.6 Å². The van der Waals surface area contributed by atoms with Crippen molar-refractivity contribution in [3.63, 3.8) is 0 Å². The standard InChI is InChI=1S/C35H69NO5Si2/c1-18-19-20-25(3)31(39-33(36)38)29(7)32(41-43(16,17)35(11,12)13)27(5)22-24(2)21-26(4)30(28(6)23-37)40-42(14,15)34(8,9)10/h18-21,25-32,37H,1,22-23H2,2-17H3,(H2,36,38)/b20-19-,24-21-/t25-,26-,27-,28-,29+,30+,31-,32+/m0/s1. The van der Waals surface area contributed by atoms with E-state index in [1.807, 2.05) is 19.1 Å². The number of hydrogen-bond donors (Lipinski definition) is 2. The lowest BCUT2D eigenvalue weighted by Crippen LogP contribution is -2.50. The maximum atomic E-state index is 12.0. The molecule has 0 aromatic carbocycles. The second kappa shape index (κ2) is 16.9. The van der Waals surface area contributed by atoms with Gasteiger partial charge >= 0.3 is 6.09 Å². The fourth-order valence-corrected chi connectivity index (χ4v) is 8.20. The minimum absolute atomic E-state index is 0.0211. The Kier molecular flexibility index (Phi) is 16.5. The van der Waals surface area contributed by atoms with E-state index in [0.29, 0.717) is 0 Å². The second-order valence-corrected chi connectivity index (χ2v) is 25.7. The van der Waals surface area contributed by atoms with Gasteiger partial charge in [-0.1, -0.05) is 113 Å². The summed E-state index contributed by atoms with van der Waals surface area (Å²) in [6.45, 7) is 39.3. The monoisotopic (exact) mass is 639 g/mol. The Hall–Kier alpha value is -1.20. The maximum absolute atomic E-state index is 12.0. The fourth-order valence-electron chi connectivity index (χ4n) is 5.23. The predicted octanol–water partition coefficient (Wildman–Crippen LogP) is 9.48. The minimum Gasteiger partial charge on any atom is -0.445 e. The van der Waals surface area contributed by atoms with E-state index in [-0.39, 0.29) is 58.5 Å². The van der Waals surface area contributed by atoms with E-state index in [2.05, 4.69) is 115 Å². The molecule has 0 aliphatic rings. The zero-order valence-electron chi connectivity index (χ0n) is 30.7. The first-order chi connectivity index (χ1) is 19.3. The fraction of sp³-hybridized carbons (Fsp3) is 0.800. The molecule has 0 saturated carbocycles. The molecule has 8 heteroatoms. The molecule has 0 spiro atoms. The van der Waals surface area contributed by atoms with E-state index < -0.39 is 28.8 Å². The van der Waals surface area contributed by atoms with Crippen molar-refractivity contribution >= 4 is 22.7 Å². The van der Waals surface area contributed by atoms with E-state index in [1.54, 1.807) is 6.08 Å². The highest BCUT2D eigenvalue weighted by molar-refractivity contribution is 6.74. The second-order valence-electron chi connectivity index (χ2n) is 16.1. The molecule has 0 aromatic rings. The summed E-state index contributed by atoms with van der Waals surface area (Å²) in [5.74, 6) is 0.142. The van der Waals surface area contributed by atoms with Crippen LogP contribution in [0.1, 0.15) is 89.5 Å². The molecule has 8 atom stereocenters. The van der Waals surface area contributed by atoms with Crippen LogP contribution in [-0.4, -0.2) is 52.8 Å². The van der Waals surface area contributed by atoms with Crippen molar-refractivity contribution in [1.29, 1.82) is 0 Å². The lowest BCUT2D eigenvalue weighted by molar-refractivity contribution is -0.0207. The van der Waals surface area contributed by atoms with E-state index in [0.717, 1.165) is 6.42 Å². The zero-order valence-corrected chi connectivity index (χ0v) is 32.7. The average molecular weight is 640 g/mol. The molecule has 0 saturated heterocycles. The molecule has 0 radical (unpaired) electrons. The number of ether oxygens (including phenoxy) is 1. The molecule has 252 valence electrons. The topological polar surface area (TPSA) is 91.0 Å². The third-order valence-corrected chi connectivity index (χ3v) is 18.9. The van der Waals surface area contributed by atoms with Crippen LogP contribution in [0, 0.1) is 29.6 Å². The smallest absolute Gasteiger partial charge is 0.404 e. The third kappa shape index (κ3) is 13.0. The summed E-state index contributed by atoms with van der Waals surface area (Å²) in [7, 11) is -4.21. The number of aliphatic hydroxyl groups excluding tert-OH is 1. The number of carbonyl (C=O) groups is 1. The highest BCUT2D eigenvalue weighted by atomic mass is 28.4. The lowest BCUT2D eigenvalue weighted by atomic mass is 9.81. The maximum Gasteiger partial charge on any atom is 0.404 e. The van der Waals surface area contributed by atoms with Crippen LogP contribution in [0.4, 0.5) is 4.79 Å². The van der Waals surface area contributed by atoms with Crippen LogP contribution in [0.3, 0.4) is 0 Å². The first kappa shape index (κ1) is 41.8. The SMILES string of the molecule is C=C/C=C\[C@H](C)[C@H](OC(N)=O)[C@@H](C)[C@H](O[Si](C)(C)C(C)(C)C)[C@@H](C)C/C(C)=C\[C@H](C)[C@@H](O[Si](C)(C)C(C)(C)C)[C@@H](C)CO. The Morgan fingerprint density at radius 2 is 1.30 bits per heavy atom. The number of allylic oxidation sites excluding steroid dienone is 3. The Morgan fingerprint density at radius 3 is 1.70 bits per heavy atom. The Labute approximate surface area is 268 Å². The highest BCUT2D eigenvalue weighted by Crippen LogP contribution is 2.42. The number of aliphatic hydroxyl groups is 1. The third-order valence-electron chi connectivity index (χ3n) is 9.95. The van der Waals surface area contributed by atoms with E-state index in [9.17, 15) is 9.90 Å². The summed E-state index contributed by atoms with van der Waals surface area (Å²) in [4.78, 5) is 12.0. The van der Waals surface area contributed by atoms with Crippen molar-refractivity contribution in [2.75, 3.05) is 6.61 Å². The molecule has 0 aliphatic carbocycles. The van der Waals surface area contributed by atoms with Gasteiger partial charge in [0.1, 0.15) is 6.10 Å². The zero-order chi connectivity index (χ0) is 34.1. The molecule has 6 nitrogen and oxygen atoms in total. The summed E-state index contributed by atoms with van der Waals surface area (Å²) in [5.41, 5.74) is 6.83. The molecular formula is C35H69NO5Si2. The first-order valence-electron chi connectivity index (χ1n) is 16.2. The molecular weight excluding hydrogens is 571 g/mol. The van der Waals surface area contributed by atoms with E-state index in [4.69, 9.17) is 19.3 Å². The van der Waals surface area contributed by atoms with Crippen LogP contribution in [0.5, 0.6) is 0 Å². The van der Waals surface area contributed by atoms with Gasteiger partial charge in [-0.15, -0.1) is 0 Å². The molecule has 3 N–H and O–H groups in total. The molecule has 0 fully saturated rings. The van der Waals surface area contributed by atoms with Crippen molar-refractivity contribution in [3.05, 3.63) is 36.5 Å². The van der Waals surface area contributed by atoms with Crippen molar-refractivity contribution in [3.8, 4) is 0 Å². The van der Waals surface area contributed by atoms with Crippen LogP contribution in [0.25, 0.3) is 0 Å². The van der Waals surface area contributed by atoms with Gasteiger partial charge in [-0.2, -0.15) is 0 Å². The summed E-state index contributed by atoms with van der Waals surface area (Å²) in [6, 6.07) is 0. The molecule has 0 rings (SSSR count). The van der Waals surface area contributed by atoms with Crippen molar-refractivity contribution in [2.24, 2.45) is 35.3 Å². The Balaban J connectivity index is 6.47. The van der Waals surface area contributed by atoms with Gasteiger partial charge in [0.25, 0.3) is 0 Å². The molecule has 43 heavy (non-hydrogen) atoms. The van der Waals surface area contributed by atoms with Crippen molar-refractivity contribution < 1.29 is 23.5 Å². The molecule has 0 heterocycles. The van der Waals surface area contributed by atoms with Gasteiger partial charge in [0, 0.05) is 24.4 Å². The normalized spacial score (nSPS) is 19.7. The van der Waals surface area contributed by atoms with Crippen LogP contribution in [0.2, 0.25) is 36.3 Å². The number of nitrogens with two attached hydrogens (primary N) is 1. The van der Waals surface area contributed by atoms with Crippen LogP contribution < -0.4 is 5.73 Å². The van der Waals surface area contributed by atoms with Crippen LogP contribution >= 0.6 is 0 Å². The van der Waals surface area contributed by atoms with Crippen molar-refractivity contribution in [1.82, 2.24) is 0 Å². The Morgan fingerprint density at radius 1 is 0.837 bits per heavy atom. The van der Waals surface area contributed by atoms with E-state index >= 15 is 0 Å². The van der Waals surface area contributed by atoms with Gasteiger partial charge in [0.2, 0.25) is 0 Å². The van der Waals surface area contributed by atoms with Gasteiger partial charge in [-0.25, -0.2) is 4.79 Å². The summed E-state index contributed by atoms with van der Waals surface area (Å²) >= 11 is 0. The van der Waals surface area contributed by atoms with Gasteiger partial charge in [-0.3, -0.25) is 0 Å². The average Bonchev–Trinajstić information content (AvgIpc) is 2.84. The highest BCUT2D eigenvalue weighted by Gasteiger charge is 2.44. The first-order valence-corrected chi connectivity index (χ1v) is 22.0. The van der Waals surface area contributed by atoms with E-state index in [1.165, 1.54) is 5.57 Å². The van der Waals surface area contributed by atoms with Crippen molar-refractivity contribution in [2.45, 2.75) is 144 Å². The molecule has 0 aliphatic heterocycles. The summed E-state index contributed by atoms with van der Waals surface area (Å²) in [5, 5.41) is 10.2. The largest absolute Gasteiger partial charge is 0.445 e. The van der Waals surface area contributed by atoms with Gasteiger partial charge in [-0.05, 0) is 61.4 Å². The number of carbonyl (C=O) groups excluding carboxylic acids is 1. The summed E-state index contributed by atoms with van der Waals surface area (Å²) < 4.78 is 19.8. The van der Waals surface area contributed by atoms with Gasteiger partial charge < -0.3 is 24.4 Å². The number of amides is 1. The minimum atomic E-state index is -2.17. The number of primary amides is 1. The lowest BCUT2D eigenvalue weighted by Gasteiger charge is -2.45. The summed E-state index contributed by atoms with van der Waals surface area (Å²) in [6.07, 6.45) is 7.32. The Bertz CT molecular complexity index is 931. The quantitative estimate of drug-likeness (QED) is 0.0940. The molecule has 0 aromatic heterocycles. The molecule has 0 unspecified atom stereocenters. The molecule has 0 bridgehead atoms. The predicted molar refractivity (Wildman–Crippen MR) is 189 cm³/mol. The van der Waals surface area contributed by atoms with Crippen LogP contribution in [-0.2, 0) is 13.6 Å².